The number of rotatable bonds is 6. The van der Waals surface area contributed by atoms with E-state index >= 15 is 0 Å². The van der Waals surface area contributed by atoms with Crippen molar-refractivity contribution in [3.05, 3.63) is 84.6 Å². The number of hydrogen-bond acceptors (Lipinski definition) is 3. The lowest BCUT2D eigenvalue weighted by atomic mass is 9.71. The first-order valence-electron chi connectivity index (χ1n) is 11.3. The zero-order chi connectivity index (χ0) is 21.4. The summed E-state index contributed by atoms with van der Waals surface area (Å²) < 4.78 is 6.38. The van der Waals surface area contributed by atoms with Crippen LogP contribution in [0, 0.1) is 11.8 Å². The third-order valence-corrected chi connectivity index (χ3v) is 7.68. The van der Waals surface area contributed by atoms with Gasteiger partial charge in [0.1, 0.15) is 24.4 Å². The number of aliphatic hydroxyl groups is 1. The number of halogens is 1. The Morgan fingerprint density at radius 3 is 2.78 bits per heavy atom. The Morgan fingerprint density at radius 1 is 1.22 bits per heavy atom. The van der Waals surface area contributed by atoms with Gasteiger partial charge in [0.05, 0.1) is 25.7 Å². The molecule has 168 valence electrons. The van der Waals surface area contributed by atoms with Crippen LogP contribution in [0.1, 0.15) is 30.1 Å². The highest BCUT2D eigenvalue weighted by atomic mass is 35.5. The SMILES string of the molecule is C=C[C@H]1C[N@+]2(Cc3ccccc3)CC[C@H]1C[C@@H]2[C@@H](O)c1ccnc2ccc(OC)cc12.[Cl-]. The fraction of sp³-hybridized carbons (Fsp3) is 0.370. The molecule has 0 unspecified atom stereocenters. The maximum Gasteiger partial charge on any atom is 0.131 e. The lowest BCUT2D eigenvalue weighted by Gasteiger charge is -2.58. The van der Waals surface area contributed by atoms with Crippen LogP contribution in [-0.4, -0.2) is 40.8 Å². The quantitative estimate of drug-likeness (QED) is 0.460. The van der Waals surface area contributed by atoms with E-state index in [9.17, 15) is 5.11 Å². The third kappa shape index (κ3) is 3.92. The van der Waals surface area contributed by atoms with Gasteiger partial charge in [-0.25, -0.2) is 0 Å². The van der Waals surface area contributed by atoms with Crippen LogP contribution in [0.5, 0.6) is 5.75 Å². The highest BCUT2D eigenvalue weighted by Crippen LogP contribution is 2.48. The Balaban J connectivity index is 0.00000245. The summed E-state index contributed by atoms with van der Waals surface area (Å²) in [5.41, 5.74) is 3.19. The molecule has 6 rings (SSSR count). The second-order valence-electron chi connectivity index (χ2n) is 9.25. The van der Waals surface area contributed by atoms with Crippen LogP contribution < -0.4 is 17.1 Å². The molecule has 3 aliphatic heterocycles. The minimum absolute atomic E-state index is 0. The van der Waals surface area contributed by atoms with Gasteiger partial charge in [0.25, 0.3) is 0 Å². The number of piperidine rings is 3. The topological polar surface area (TPSA) is 42.4 Å². The first kappa shape index (κ1) is 22.8. The highest BCUT2D eigenvalue weighted by Gasteiger charge is 2.53. The summed E-state index contributed by atoms with van der Waals surface area (Å²) in [5.74, 6) is 1.92. The van der Waals surface area contributed by atoms with Gasteiger partial charge in [0.15, 0.2) is 0 Å². The summed E-state index contributed by atoms with van der Waals surface area (Å²) in [6.07, 6.45) is 5.65. The molecule has 3 fully saturated rings. The number of ether oxygens (including phenoxy) is 1. The summed E-state index contributed by atoms with van der Waals surface area (Å²) in [6, 6.07) is 18.8. The van der Waals surface area contributed by atoms with Gasteiger partial charge in [-0.3, -0.25) is 4.98 Å². The van der Waals surface area contributed by atoms with Gasteiger partial charge >= 0.3 is 0 Å². The van der Waals surface area contributed by atoms with Gasteiger partial charge in [0, 0.05) is 35.9 Å². The Morgan fingerprint density at radius 2 is 2.03 bits per heavy atom. The van der Waals surface area contributed by atoms with Crippen molar-refractivity contribution >= 4 is 10.9 Å². The summed E-state index contributed by atoms with van der Waals surface area (Å²) in [7, 11) is 1.68. The first-order valence-corrected chi connectivity index (χ1v) is 11.3. The van der Waals surface area contributed by atoms with E-state index in [0.29, 0.717) is 11.8 Å². The lowest BCUT2D eigenvalue weighted by Crippen LogP contribution is -3.00. The molecule has 3 saturated heterocycles. The van der Waals surface area contributed by atoms with Crippen molar-refractivity contribution in [2.75, 3.05) is 20.2 Å². The van der Waals surface area contributed by atoms with E-state index in [1.807, 2.05) is 30.5 Å². The van der Waals surface area contributed by atoms with E-state index in [2.05, 4.69) is 48.0 Å². The number of aromatic nitrogens is 1. The second kappa shape index (κ2) is 9.22. The minimum atomic E-state index is -0.546. The molecule has 4 nitrogen and oxygen atoms in total. The number of pyridine rings is 1. The smallest absolute Gasteiger partial charge is 0.131 e. The molecule has 3 aromatic rings. The van der Waals surface area contributed by atoms with Crippen molar-refractivity contribution in [2.24, 2.45) is 11.8 Å². The van der Waals surface area contributed by atoms with Crippen molar-refractivity contribution in [1.82, 2.24) is 4.98 Å². The Bertz CT molecular complexity index is 1090. The summed E-state index contributed by atoms with van der Waals surface area (Å²) in [4.78, 5) is 4.52. The number of benzene rings is 2. The number of quaternary nitrogens is 1. The molecule has 3 aliphatic rings. The summed E-state index contributed by atoms with van der Waals surface area (Å²) in [5, 5.41) is 12.8. The van der Waals surface area contributed by atoms with Crippen LogP contribution in [0.15, 0.2) is 73.4 Å². The number of nitrogens with zero attached hydrogens (tertiary/aromatic N) is 2. The fourth-order valence-electron chi connectivity index (χ4n) is 6.07. The molecule has 5 atom stereocenters. The van der Waals surface area contributed by atoms with Crippen molar-refractivity contribution < 1.29 is 26.7 Å². The predicted octanol–water partition coefficient (Wildman–Crippen LogP) is 1.89. The summed E-state index contributed by atoms with van der Waals surface area (Å²) >= 11 is 0. The minimum Gasteiger partial charge on any atom is -1.00 e. The average Bonchev–Trinajstić information content (AvgIpc) is 2.83. The standard InChI is InChI=1S/C27H31N2O2.ClH/c1-3-20-18-29(17-19-7-5-4-6-8-19)14-12-21(20)15-26(29)27(30)23-11-13-28-25-10-9-22(31-2)16-24(23)25;/h3-11,13,16,20-21,26-27,30H,1,12,14-15,17-18H2,2H3;1H/q+1;/p-1/t20-,21-,26+,27-,29+;/m0./s1. The van der Waals surface area contributed by atoms with Crippen LogP contribution in [0.4, 0.5) is 0 Å². The number of methoxy groups -OCH3 is 1. The third-order valence-electron chi connectivity index (χ3n) is 7.68. The molecule has 32 heavy (non-hydrogen) atoms. The molecular weight excluding hydrogens is 420 g/mol. The molecule has 4 heterocycles. The molecule has 1 aromatic heterocycles. The van der Waals surface area contributed by atoms with E-state index in [4.69, 9.17) is 4.74 Å². The fourth-order valence-corrected chi connectivity index (χ4v) is 6.07. The van der Waals surface area contributed by atoms with Crippen molar-refractivity contribution in [1.29, 1.82) is 0 Å². The molecule has 2 bridgehead atoms. The van der Waals surface area contributed by atoms with E-state index in [-0.39, 0.29) is 18.4 Å². The van der Waals surface area contributed by atoms with Gasteiger partial charge in [-0.2, -0.15) is 0 Å². The Labute approximate surface area is 196 Å². The highest BCUT2D eigenvalue weighted by molar-refractivity contribution is 5.83. The lowest BCUT2D eigenvalue weighted by molar-refractivity contribution is -0.984. The van der Waals surface area contributed by atoms with Gasteiger partial charge in [0.2, 0.25) is 0 Å². The van der Waals surface area contributed by atoms with Crippen LogP contribution >= 0.6 is 0 Å². The van der Waals surface area contributed by atoms with Gasteiger partial charge < -0.3 is 26.7 Å². The van der Waals surface area contributed by atoms with Gasteiger partial charge in [-0.1, -0.05) is 36.4 Å². The van der Waals surface area contributed by atoms with E-state index in [0.717, 1.165) is 52.8 Å². The van der Waals surface area contributed by atoms with Crippen LogP contribution in [0.25, 0.3) is 10.9 Å². The number of hydrogen-bond donors (Lipinski definition) is 1. The normalized spacial score (nSPS) is 27.5. The van der Waals surface area contributed by atoms with Crippen LogP contribution in [0.2, 0.25) is 0 Å². The average molecular weight is 451 g/mol. The molecule has 0 saturated carbocycles. The monoisotopic (exact) mass is 450 g/mol. The number of fused-ring (bicyclic) bond motifs is 4. The van der Waals surface area contributed by atoms with Crippen LogP contribution in [-0.2, 0) is 6.54 Å². The zero-order valence-corrected chi connectivity index (χ0v) is 19.3. The maximum absolute atomic E-state index is 11.8. The molecule has 0 aliphatic carbocycles. The molecule has 0 radical (unpaired) electrons. The largest absolute Gasteiger partial charge is 1.00 e. The molecule has 0 spiro atoms. The molecule has 1 N–H and O–H groups in total. The predicted molar refractivity (Wildman–Crippen MR) is 124 cm³/mol. The van der Waals surface area contributed by atoms with E-state index < -0.39 is 6.10 Å². The molecule has 5 heteroatoms. The Hall–Kier alpha value is -2.40. The Kier molecular flexibility index (Phi) is 6.57. The molecular formula is C27H31ClN2O2. The molecule has 2 aromatic carbocycles. The van der Waals surface area contributed by atoms with Crippen LogP contribution in [0.3, 0.4) is 0 Å². The van der Waals surface area contributed by atoms with Gasteiger partial charge in [-0.15, -0.1) is 6.58 Å². The zero-order valence-electron chi connectivity index (χ0n) is 18.5. The van der Waals surface area contributed by atoms with Crippen molar-refractivity contribution in [3.63, 3.8) is 0 Å². The maximum atomic E-state index is 11.8. The van der Waals surface area contributed by atoms with Crippen molar-refractivity contribution in [2.45, 2.75) is 31.5 Å². The number of aliphatic hydroxyl groups excluding tert-OH is 1. The molecule has 0 amide bonds. The first-order chi connectivity index (χ1) is 15.1. The second-order valence-corrected chi connectivity index (χ2v) is 9.25. The van der Waals surface area contributed by atoms with E-state index in [1.165, 1.54) is 12.0 Å². The van der Waals surface area contributed by atoms with Gasteiger partial charge in [-0.05, 0) is 35.7 Å². The van der Waals surface area contributed by atoms with Crippen molar-refractivity contribution in [3.8, 4) is 5.75 Å². The van der Waals surface area contributed by atoms with E-state index in [1.54, 1.807) is 7.11 Å². The summed E-state index contributed by atoms with van der Waals surface area (Å²) in [6.45, 7) is 7.25.